The van der Waals surface area contributed by atoms with Crippen molar-refractivity contribution in [1.29, 1.82) is 0 Å². The van der Waals surface area contributed by atoms with Gasteiger partial charge in [0.05, 0.1) is 26.3 Å². The van der Waals surface area contributed by atoms with Crippen LogP contribution >= 0.6 is 0 Å². The van der Waals surface area contributed by atoms with Gasteiger partial charge in [0.1, 0.15) is 6.04 Å². The molecule has 1 aliphatic heterocycles. The van der Waals surface area contributed by atoms with Crippen molar-refractivity contribution in [2.75, 3.05) is 39.9 Å². The number of hydrogen-bond donors (Lipinski definition) is 2. The minimum atomic E-state index is -4.37. The number of morpholine rings is 1. The molecule has 2 N–H and O–H groups in total. The largest absolute Gasteiger partial charge is 0.401 e. The molecule has 6 nitrogen and oxygen atoms in total. The summed E-state index contributed by atoms with van der Waals surface area (Å²) in [6, 6.07) is -0.793. The SMILES string of the molecule is CNC(=O)C1COCCN1C(=O)CNCC(F)(F)F. The van der Waals surface area contributed by atoms with Gasteiger partial charge in [-0.1, -0.05) is 0 Å². The van der Waals surface area contributed by atoms with E-state index in [1.165, 1.54) is 11.9 Å². The lowest BCUT2D eigenvalue weighted by molar-refractivity contribution is -0.148. The Hall–Kier alpha value is -1.35. The monoisotopic (exact) mass is 283 g/mol. The van der Waals surface area contributed by atoms with Crippen LogP contribution in [0.5, 0.6) is 0 Å². The Morgan fingerprint density at radius 3 is 2.68 bits per heavy atom. The number of amides is 2. The van der Waals surface area contributed by atoms with Crippen LogP contribution in [0, 0.1) is 0 Å². The molecule has 1 fully saturated rings. The zero-order valence-corrected chi connectivity index (χ0v) is 10.4. The van der Waals surface area contributed by atoms with E-state index in [1.807, 2.05) is 5.32 Å². The Bertz CT molecular complexity index is 336. The number of carbonyl (C=O) groups excluding carboxylic acids is 2. The third-order valence-corrected chi connectivity index (χ3v) is 2.60. The number of carbonyl (C=O) groups is 2. The lowest BCUT2D eigenvalue weighted by Gasteiger charge is -2.34. The highest BCUT2D eigenvalue weighted by Crippen LogP contribution is 2.12. The van der Waals surface area contributed by atoms with Gasteiger partial charge in [0, 0.05) is 13.6 Å². The Labute approximate surface area is 108 Å². The molecule has 0 aromatic rings. The molecule has 1 saturated heterocycles. The van der Waals surface area contributed by atoms with E-state index in [1.54, 1.807) is 0 Å². The zero-order valence-electron chi connectivity index (χ0n) is 10.4. The van der Waals surface area contributed by atoms with Crippen LogP contribution < -0.4 is 10.6 Å². The number of ether oxygens (including phenoxy) is 1. The van der Waals surface area contributed by atoms with E-state index >= 15 is 0 Å². The van der Waals surface area contributed by atoms with Crippen LogP contribution in [0.2, 0.25) is 0 Å². The van der Waals surface area contributed by atoms with Gasteiger partial charge in [0.25, 0.3) is 0 Å². The Morgan fingerprint density at radius 1 is 1.42 bits per heavy atom. The van der Waals surface area contributed by atoms with Gasteiger partial charge in [-0.3, -0.25) is 9.59 Å². The van der Waals surface area contributed by atoms with Crippen molar-refractivity contribution in [1.82, 2.24) is 15.5 Å². The molecule has 0 bridgehead atoms. The fraction of sp³-hybridized carbons (Fsp3) is 0.800. The molecule has 9 heteroatoms. The molecule has 1 heterocycles. The lowest BCUT2D eigenvalue weighted by Crippen LogP contribution is -2.57. The van der Waals surface area contributed by atoms with Crippen molar-refractivity contribution in [3.63, 3.8) is 0 Å². The molecule has 19 heavy (non-hydrogen) atoms. The Morgan fingerprint density at radius 2 is 2.11 bits per heavy atom. The highest BCUT2D eigenvalue weighted by atomic mass is 19.4. The number of alkyl halides is 3. The molecular formula is C10H16F3N3O3. The maximum Gasteiger partial charge on any atom is 0.401 e. The van der Waals surface area contributed by atoms with Crippen LogP contribution in [0.15, 0.2) is 0 Å². The second-order valence-corrected chi connectivity index (χ2v) is 4.01. The summed E-state index contributed by atoms with van der Waals surface area (Å²) in [6.45, 7) is -1.21. The topological polar surface area (TPSA) is 70.7 Å². The van der Waals surface area contributed by atoms with Gasteiger partial charge in [0.2, 0.25) is 11.8 Å². The molecule has 0 saturated carbocycles. The summed E-state index contributed by atoms with van der Waals surface area (Å²) in [5.41, 5.74) is 0. The van der Waals surface area contributed by atoms with Crippen molar-refractivity contribution in [3.05, 3.63) is 0 Å². The van der Waals surface area contributed by atoms with E-state index in [2.05, 4.69) is 5.32 Å². The minimum absolute atomic E-state index is 0.0463. The predicted octanol–water partition coefficient (Wildman–Crippen LogP) is -0.888. The van der Waals surface area contributed by atoms with E-state index < -0.39 is 37.1 Å². The normalized spacial score (nSPS) is 20.2. The first-order chi connectivity index (χ1) is 8.85. The van der Waals surface area contributed by atoms with Gasteiger partial charge >= 0.3 is 6.18 Å². The second kappa shape index (κ2) is 6.71. The molecule has 1 atom stereocenters. The quantitative estimate of drug-likeness (QED) is 0.702. The molecule has 0 aromatic carbocycles. The average molecular weight is 283 g/mol. The van der Waals surface area contributed by atoms with Crippen LogP contribution in [0.1, 0.15) is 0 Å². The number of nitrogens with zero attached hydrogens (tertiary/aromatic N) is 1. The molecule has 1 unspecified atom stereocenters. The number of halogens is 3. The summed E-state index contributed by atoms with van der Waals surface area (Å²) in [5, 5.41) is 4.40. The van der Waals surface area contributed by atoms with Crippen molar-refractivity contribution in [3.8, 4) is 0 Å². The summed E-state index contributed by atoms with van der Waals surface area (Å²) in [7, 11) is 1.42. The summed E-state index contributed by atoms with van der Waals surface area (Å²) in [4.78, 5) is 24.5. The number of hydrogen-bond acceptors (Lipinski definition) is 4. The standard InChI is InChI=1S/C10H16F3N3O3/c1-14-9(18)7-5-19-3-2-16(7)8(17)4-15-6-10(11,12)13/h7,15H,2-6H2,1H3,(H,14,18). The molecular weight excluding hydrogens is 267 g/mol. The molecule has 0 radical (unpaired) electrons. The van der Waals surface area contributed by atoms with Gasteiger partial charge in [-0.15, -0.1) is 0 Å². The Balaban J connectivity index is 2.50. The molecule has 1 aliphatic rings. The third-order valence-electron chi connectivity index (χ3n) is 2.60. The minimum Gasteiger partial charge on any atom is -0.377 e. The van der Waals surface area contributed by atoms with Crippen molar-refractivity contribution >= 4 is 11.8 Å². The highest BCUT2D eigenvalue weighted by Gasteiger charge is 2.33. The second-order valence-electron chi connectivity index (χ2n) is 4.01. The first kappa shape index (κ1) is 15.7. The molecule has 110 valence electrons. The predicted molar refractivity (Wildman–Crippen MR) is 59.3 cm³/mol. The van der Waals surface area contributed by atoms with Crippen LogP contribution in [0.4, 0.5) is 13.2 Å². The fourth-order valence-corrected chi connectivity index (χ4v) is 1.70. The van der Waals surface area contributed by atoms with E-state index in [-0.39, 0.29) is 19.8 Å². The number of nitrogens with one attached hydrogen (secondary N) is 2. The smallest absolute Gasteiger partial charge is 0.377 e. The van der Waals surface area contributed by atoms with Gasteiger partial charge in [-0.2, -0.15) is 13.2 Å². The number of rotatable bonds is 4. The van der Waals surface area contributed by atoms with Crippen LogP contribution in [-0.2, 0) is 14.3 Å². The first-order valence-corrected chi connectivity index (χ1v) is 5.71. The summed E-state index contributed by atoms with van der Waals surface area (Å²) in [5.74, 6) is -0.954. The van der Waals surface area contributed by atoms with Gasteiger partial charge < -0.3 is 20.3 Å². The van der Waals surface area contributed by atoms with E-state index in [4.69, 9.17) is 4.74 Å². The van der Waals surface area contributed by atoms with E-state index in [0.717, 1.165) is 0 Å². The Kier molecular flexibility index (Phi) is 5.55. The van der Waals surface area contributed by atoms with E-state index in [0.29, 0.717) is 0 Å². The number of likely N-dealkylation sites (N-methyl/N-ethyl adjacent to an activating group) is 1. The molecule has 0 spiro atoms. The average Bonchev–Trinajstić information content (AvgIpc) is 2.36. The maximum absolute atomic E-state index is 11.9. The fourth-order valence-electron chi connectivity index (χ4n) is 1.70. The summed E-state index contributed by atoms with van der Waals surface area (Å²) in [6.07, 6.45) is -4.37. The summed E-state index contributed by atoms with van der Waals surface area (Å²) >= 11 is 0. The van der Waals surface area contributed by atoms with Crippen LogP contribution in [-0.4, -0.2) is 68.8 Å². The highest BCUT2D eigenvalue weighted by molar-refractivity contribution is 5.88. The maximum atomic E-state index is 11.9. The van der Waals surface area contributed by atoms with Gasteiger partial charge in [-0.05, 0) is 0 Å². The van der Waals surface area contributed by atoms with Gasteiger partial charge in [-0.25, -0.2) is 0 Å². The van der Waals surface area contributed by atoms with Crippen LogP contribution in [0.25, 0.3) is 0 Å². The van der Waals surface area contributed by atoms with Crippen molar-refractivity contribution in [2.24, 2.45) is 0 Å². The third kappa shape index (κ3) is 5.03. The first-order valence-electron chi connectivity index (χ1n) is 5.71. The van der Waals surface area contributed by atoms with Crippen molar-refractivity contribution < 1.29 is 27.5 Å². The zero-order chi connectivity index (χ0) is 14.5. The lowest BCUT2D eigenvalue weighted by atomic mass is 10.2. The summed E-state index contributed by atoms with van der Waals surface area (Å²) < 4.78 is 40.9. The van der Waals surface area contributed by atoms with Gasteiger partial charge in [0.15, 0.2) is 0 Å². The molecule has 2 amide bonds. The van der Waals surface area contributed by atoms with Crippen LogP contribution in [0.3, 0.4) is 0 Å². The molecule has 0 aliphatic carbocycles. The van der Waals surface area contributed by atoms with Crippen molar-refractivity contribution in [2.45, 2.75) is 12.2 Å². The molecule has 0 aromatic heterocycles. The van der Waals surface area contributed by atoms with E-state index in [9.17, 15) is 22.8 Å². The molecule has 1 rings (SSSR count).